The molecule has 1 saturated heterocycles. The number of benzene rings is 1. The van der Waals surface area contributed by atoms with Crippen LogP contribution in [0, 0.1) is 29.1 Å². The number of nitriles is 1. The largest absolute Gasteiger partial charge is 0.449 e. The van der Waals surface area contributed by atoms with E-state index in [1.807, 2.05) is 35.4 Å². The minimum atomic E-state index is -0.189. The molecule has 1 amide bonds. The number of hydrogen-bond acceptors (Lipinski definition) is 5. The number of ether oxygens (including phenoxy) is 1. The highest BCUT2D eigenvalue weighted by Crippen LogP contribution is 2.34. The van der Waals surface area contributed by atoms with Gasteiger partial charge in [0.2, 0.25) is 0 Å². The molecule has 176 valence electrons. The van der Waals surface area contributed by atoms with Crippen molar-refractivity contribution in [2.24, 2.45) is 17.8 Å². The molecule has 2 aromatic rings. The fraction of sp³-hybridized carbons (Fsp3) is 0.577. The van der Waals surface area contributed by atoms with Crippen molar-refractivity contribution in [3.63, 3.8) is 0 Å². The number of carbonyl (C=O) groups excluding carboxylic acids is 1. The molecule has 3 unspecified atom stereocenters. The summed E-state index contributed by atoms with van der Waals surface area (Å²) in [6.45, 7) is 7.93. The van der Waals surface area contributed by atoms with Crippen LogP contribution < -0.4 is 0 Å². The van der Waals surface area contributed by atoms with E-state index in [0.29, 0.717) is 43.0 Å². The van der Waals surface area contributed by atoms with Crippen molar-refractivity contribution in [2.45, 2.75) is 52.1 Å². The first kappa shape index (κ1) is 23.3. The molecule has 3 atom stereocenters. The van der Waals surface area contributed by atoms with Crippen LogP contribution >= 0.6 is 0 Å². The number of amides is 1. The molecule has 1 aliphatic carbocycles. The van der Waals surface area contributed by atoms with Gasteiger partial charge in [0.15, 0.2) is 0 Å². The van der Waals surface area contributed by atoms with E-state index in [0.717, 1.165) is 30.8 Å². The predicted octanol–water partition coefficient (Wildman–Crippen LogP) is 4.22. The first-order valence-electron chi connectivity index (χ1n) is 12.2. The Labute approximate surface area is 196 Å². The van der Waals surface area contributed by atoms with Crippen LogP contribution in [0.2, 0.25) is 0 Å². The molecule has 1 aliphatic heterocycles. The summed E-state index contributed by atoms with van der Waals surface area (Å²) in [5.74, 6) is 1.67. The molecule has 0 spiro atoms. The smallest absolute Gasteiger partial charge is 0.409 e. The lowest BCUT2D eigenvalue weighted by atomic mass is 9.74. The van der Waals surface area contributed by atoms with Gasteiger partial charge >= 0.3 is 6.09 Å². The number of nitrogens with one attached hydrogen (secondary N) is 1. The van der Waals surface area contributed by atoms with Crippen LogP contribution in [0.5, 0.6) is 0 Å². The number of aromatic amines is 1. The van der Waals surface area contributed by atoms with Crippen LogP contribution in [-0.2, 0) is 17.7 Å². The Morgan fingerprint density at radius 2 is 1.97 bits per heavy atom. The number of aromatic nitrogens is 2. The molecule has 0 bridgehead atoms. The molecule has 7 nitrogen and oxygen atoms in total. The summed E-state index contributed by atoms with van der Waals surface area (Å²) in [6, 6.07) is 10.1. The highest BCUT2D eigenvalue weighted by molar-refractivity contribution is 5.67. The van der Waals surface area contributed by atoms with Crippen molar-refractivity contribution in [3.05, 3.63) is 53.6 Å². The minimum Gasteiger partial charge on any atom is -0.449 e. The van der Waals surface area contributed by atoms with Crippen molar-refractivity contribution in [1.29, 1.82) is 5.26 Å². The molecular weight excluding hydrogens is 414 g/mol. The normalized spacial score (nSPS) is 26.0. The second-order valence-electron chi connectivity index (χ2n) is 9.79. The van der Waals surface area contributed by atoms with Crippen LogP contribution in [0.1, 0.15) is 49.9 Å². The summed E-state index contributed by atoms with van der Waals surface area (Å²) in [4.78, 5) is 24.6. The van der Waals surface area contributed by atoms with E-state index in [4.69, 9.17) is 10.00 Å². The van der Waals surface area contributed by atoms with Gasteiger partial charge in [-0.15, -0.1) is 0 Å². The summed E-state index contributed by atoms with van der Waals surface area (Å²) >= 11 is 0. The van der Waals surface area contributed by atoms with Crippen molar-refractivity contribution in [2.75, 3.05) is 26.2 Å². The fourth-order valence-electron chi connectivity index (χ4n) is 5.38. The lowest BCUT2D eigenvalue weighted by Crippen LogP contribution is -2.55. The Balaban J connectivity index is 1.40. The molecule has 1 aromatic heterocycles. The highest BCUT2D eigenvalue weighted by atomic mass is 16.6. The number of piperazine rings is 1. The number of carbonyl (C=O) groups is 1. The number of rotatable bonds is 6. The SMILES string of the molecule is CC1CCCC(C)C1COC(=O)N1CCN(Cc2cnc[nH]2)C(Cc2ccc(C#N)cc2)C1. The number of hydrogen-bond donors (Lipinski definition) is 1. The van der Waals surface area contributed by atoms with Crippen LogP contribution in [0.4, 0.5) is 4.79 Å². The van der Waals surface area contributed by atoms with Crippen LogP contribution in [0.3, 0.4) is 0 Å². The highest BCUT2D eigenvalue weighted by Gasteiger charge is 2.33. The molecular formula is C26H35N5O2. The Bertz CT molecular complexity index is 927. The topological polar surface area (TPSA) is 85.2 Å². The molecule has 2 fully saturated rings. The molecule has 4 rings (SSSR count). The molecule has 1 aromatic carbocycles. The van der Waals surface area contributed by atoms with E-state index in [9.17, 15) is 4.79 Å². The third-order valence-corrected chi connectivity index (χ3v) is 7.53. The predicted molar refractivity (Wildman–Crippen MR) is 126 cm³/mol. The van der Waals surface area contributed by atoms with Crippen molar-refractivity contribution < 1.29 is 9.53 Å². The zero-order valence-electron chi connectivity index (χ0n) is 19.7. The van der Waals surface area contributed by atoms with Gasteiger partial charge in [-0.2, -0.15) is 5.26 Å². The first-order chi connectivity index (χ1) is 16.0. The third-order valence-electron chi connectivity index (χ3n) is 7.53. The summed E-state index contributed by atoms with van der Waals surface area (Å²) in [7, 11) is 0. The quantitative estimate of drug-likeness (QED) is 0.714. The van der Waals surface area contributed by atoms with Gasteiger partial charge in [0.25, 0.3) is 0 Å². The average molecular weight is 450 g/mol. The Morgan fingerprint density at radius 3 is 2.64 bits per heavy atom. The molecule has 1 N–H and O–H groups in total. The lowest BCUT2D eigenvalue weighted by Gasteiger charge is -2.41. The second-order valence-corrected chi connectivity index (χ2v) is 9.79. The Kier molecular flexibility index (Phi) is 7.66. The first-order valence-corrected chi connectivity index (χ1v) is 12.2. The van der Waals surface area contributed by atoms with Gasteiger partial charge in [0.05, 0.1) is 24.6 Å². The van der Waals surface area contributed by atoms with Gasteiger partial charge in [0, 0.05) is 44.1 Å². The summed E-state index contributed by atoms with van der Waals surface area (Å²) in [5.41, 5.74) is 2.89. The van der Waals surface area contributed by atoms with Crippen LogP contribution in [0.25, 0.3) is 0 Å². The van der Waals surface area contributed by atoms with Gasteiger partial charge in [-0.3, -0.25) is 4.90 Å². The second kappa shape index (κ2) is 10.8. The van der Waals surface area contributed by atoms with E-state index in [-0.39, 0.29) is 12.1 Å². The standard InChI is InChI=1S/C26H35N5O2/c1-19-4-3-5-20(2)25(19)17-33-26(32)31-11-10-30(15-23-14-28-18-29-23)24(16-31)12-21-6-8-22(13-27)9-7-21/h6-9,14,18-20,24-25H,3-5,10-12,15-17H2,1-2H3,(H,28,29). The molecule has 2 aliphatic rings. The molecule has 33 heavy (non-hydrogen) atoms. The molecule has 7 heteroatoms. The maximum absolute atomic E-state index is 13.0. The zero-order chi connectivity index (χ0) is 23.2. The van der Waals surface area contributed by atoms with E-state index in [1.54, 1.807) is 6.33 Å². The fourth-order valence-corrected chi connectivity index (χ4v) is 5.38. The van der Waals surface area contributed by atoms with Crippen LogP contribution in [-0.4, -0.2) is 58.1 Å². The molecule has 2 heterocycles. The van der Waals surface area contributed by atoms with E-state index in [2.05, 4.69) is 34.8 Å². The molecule has 1 saturated carbocycles. The van der Waals surface area contributed by atoms with Gasteiger partial charge in [-0.25, -0.2) is 9.78 Å². The minimum absolute atomic E-state index is 0.162. The zero-order valence-corrected chi connectivity index (χ0v) is 19.7. The van der Waals surface area contributed by atoms with Crippen molar-refractivity contribution in [1.82, 2.24) is 19.8 Å². The number of nitrogens with zero attached hydrogens (tertiary/aromatic N) is 4. The Morgan fingerprint density at radius 1 is 1.21 bits per heavy atom. The summed E-state index contributed by atoms with van der Waals surface area (Å²) < 4.78 is 5.85. The van der Waals surface area contributed by atoms with Gasteiger partial charge in [0.1, 0.15) is 0 Å². The van der Waals surface area contributed by atoms with Gasteiger partial charge in [-0.1, -0.05) is 45.2 Å². The van der Waals surface area contributed by atoms with E-state index >= 15 is 0 Å². The maximum atomic E-state index is 13.0. The number of H-pyrrole nitrogens is 1. The van der Waals surface area contributed by atoms with Gasteiger partial charge in [-0.05, 0) is 41.9 Å². The monoisotopic (exact) mass is 449 g/mol. The lowest BCUT2D eigenvalue weighted by molar-refractivity contribution is 0.0232. The average Bonchev–Trinajstić information content (AvgIpc) is 3.33. The Hall–Kier alpha value is -2.85. The third kappa shape index (κ3) is 5.94. The van der Waals surface area contributed by atoms with E-state index < -0.39 is 0 Å². The van der Waals surface area contributed by atoms with E-state index in [1.165, 1.54) is 19.3 Å². The summed E-state index contributed by atoms with van der Waals surface area (Å²) in [6.07, 6.45) is 7.91. The summed E-state index contributed by atoms with van der Waals surface area (Å²) in [5, 5.41) is 9.08. The molecule has 0 radical (unpaired) electrons. The van der Waals surface area contributed by atoms with Gasteiger partial charge < -0.3 is 14.6 Å². The van der Waals surface area contributed by atoms with Crippen molar-refractivity contribution in [3.8, 4) is 6.07 Å². The number of imidazole rings is 1. The van der Waals surface area contributed by atoms with Crippen molar-refractivity contribution >= 4 is 6.09 Å². The maximum Gasteiger partial charge on any atom is 0.409 e. The van der Waals surface area contributed by atoms with Crippen LogP contribution in [0.15, 0.2) is 36.8 Å².